The molecule has 72 valence electrons. The van der Waals surface area contributed by atoms with Crippen LogP contribution >= 0.6 is 0 Å². The Bertz CT molecular complexity index is 558. The molecule has 0 saturated carbocycles. The van der Waals surface area contributed by atoms with Crippen molar-refractivity contribution in [2.75, 3.05) is 0 Å². The molecule has 2 aromatic rings. The SMILES string of the molecule is Cc1ncc2nc(C)c(=O)n(C)c2n1. The third-order valence-electron chi connectivity index (χ3n) is 2.09. The van der Waals surface area contributed by atoms with Crippen molar-refractivity contribution in [2.45, 2.75) is 13.8 Å². The maximum Gasteiger partial charge on any atom is 0.273 e. The van der Waals surface area contributed by atoms with E-state index in [9.17, 15) is 4.79 Å². The summed E-state index contributed by atoms with van der Waals surface area (Å²) in [4.78, 5) is 23.8. The van der Waals surface area contributed by atoms with Crippen molar-refractivity contribution in [2.24, 2.45) is 7.05 Å². The van der Waals surface area contributed by atoms with Gasteiger partial charge in [0.2, 0.25) is 0 Å². The van der Waals surface area contributed by atoms with Crippen LogP contribution in [-0.2, 0) is 7.05 Å². The zero-order chi connectivity index (χ0) is 10.3. The summed E-state index contributed by atoms with van der Waals surface area (Å²) < 4.78 is 1.49. The van der Waals surface area contributed by atoms with Gasteiger partial charge in [-0.3, -0.25) is 9.36 Å². The van der Waals surface area contributed by atoms with Crippen LogP contribution in [0.15, 0.2) is 11.0 Å². The monoisotopic (exact) mass is 190 g/mol. The van der Waals surface area contributed by atoms with Gasteiger partial charge in [0.25, 0.3) is 5.56 Å². The summed E-state index contributed by atoms with van der Waals surface area (Å²) in [5.41, 5.74) is 1.58. The zero-order valence-corrected chi connectivity index (χ0v) is 8.27. The predicted molar refractivity (Wildman–Crippen MR) is 52.0 cm³/mol. The maximum atomic E-state index is 11.5. The van der Waals surface area contributed by atoms with Crippen LogP contribution in [0.4, 0.5) is 0 Å². The Morgan fingerprint density at radius 3 is 2.71 bits per heavy atom. The van der Waals surface area contributed by atoms with Crippen LogP contribution in [0.1, 0.15) is 11.5 Å². The standard InChI is InChI=1S/C9H10N4O/c1-5-9(14)13(3)8-7(11-5)4-10-6(2)12-8/h4H,1-3H3. The Morgan fingerprint density at radius 1 is 1.29 bits per heavy atom. The van der Waals surface area contributed by atoms with Crippen LogP contribution in [-0.4, -0.2) is 19.5 Å². The molecule has 0 atom stereocenters. The Morgan fingerprint density at radius 2 is 2.00 bits per heavy atom. The van der Waals surface area contributed by atoms with E-state index in [4.69, 9.17) is 0 Å². The normalized spacial score (nSPS) is 10.8. The predicted octanol–water partition coefficient (Wildman–Crippen LogP) is 0.340. The lowest BCUT2D eigenvalue weighted by molar-refractivity contribution is 0.844. The van der Waals surface area contributed by atoms with Crippen molar-refractivity contribution >= 4 is 11.2 Å². The second-order valence-corrected chi connectivity index (χ2v) is 3.19. The highest BCUT2D eigenvalue weighted by atomic mass is 16.1. The first-order valence-electron chi connectivity index (χ1n) is 4.26. The van der Waals surface area contributed by atoms with Crippen LogP contribution < -0.4 is 5.56 Å². The van der Waals surface area contributed by atoms with E-state index in [1.807, 2.05) is 0 Å². The summed E-state index contributed by atoms with van der Waals surface area (Å²) in [6, 6.07) is 0. The number of fused-ring (bicyclic) bond motifs is 1. The van der Waals surface area contributed by atoms with Crippen molar-refractivity contribution in [1.82, 2.24) is 19.5 Å². The van der Waals surface area contributed by atoms with E-state index < -0.39 is 0 Å². The van der Waals surface area contributed by atoms with Crippen molar-refractivity contribution < 1.29 is 0 Å². The fourth-order valence-electron chi connectivity index (χ4n) is 1.34. The molecule has 0 amide bonds. The molecule has 2 heterocycles. The maximum absolute atomic E-state index is 11.5. The fraction of sp³-hybridized carbons (Fsp3) is 0.333. The molecular weight excluding hydrogens is 180 g/mol. The first kappa shape index (κ1) is 8.80. The third-order valence-corrected chi connectivity index (χ3v) is 2.09. The molecule has 0 N–H and O–H groups in total. The molecule has 0 aliphatic heterocycles. The van der Waals surface area contributed by atoms with Crippen molar-refractivity contribution in [3.8, 4) is 0 Å². The van der Waals surface area contributed by atoms with Crippen molar-refractivity contribution in [3.05, 3.63) is 28.1 Å². The number of aryl methyl sites for hydroxylation is 3. The summed E-state index contributed by atoms with van der Waals surface area (Å²) in [5.74, 6) is 0.637. The van der Waals surface area contributed by atoms with Crippen molar-refractivity contribution in [3.63, 3.8) is 0 Å². The highest BCUT2D eigenvalue weighted by Gasteiger charge is 2.05. The van der Waals surface area contributed by atoms with E-state index in [0.717, 1.165) is 0 Å². The summed E-state index contributed by atoms with van der Waals surface area (Å²) >= 11 is 0. The first-order valence-corrected chi connectivity index (χ1v) is 4.26. The van der Waals surface area contributed by atoms with Gasteiger partial charge < -0.3 is 0 Å². The average Bonchev–Trinajstić information content (AvgIpc) is 2.16. The van der Waals surface area contributed by atoms with E-state index in [2.05, 4.69) is 15.0 Å². The molecule has 0 fully saturated rings. The minimum Gasteiger partial charge on any atom is -0.293 e. The molecule has 5 heteroatoms. The Balaban J connectivity index is 2.99. The van der Waals surface area contributed by atoms with Gasteiger partial charge in [-0.2, -0.15) is 0 Å². The fourth-order valence-corrected chi connectivity index (χ4v) is 1.34. The number of hydrogen-bond donors (Lipinski definition) is 0. The summed E-state index contributed by atoms with van der Waals surface area (Å²) in [6.45, 7) is 3.46. The van der Waals surface area contributed by atoms with Crippen LogP contribution in [0.2, 0.25) is 0 Å². The van der Waals surface area contributed by atoms with Gasteiger partial charge >= 0.3 is 0 Å². The number of aromatic nitrogens is 4. The topological polar surface area (TPSA) is 60.7 Å². The molecule has 0 spiro atoms. The quantitative estimate of drug-likeness (QED) is 0.601. The molecule has 2 aromatic heterocycles. The van der Waals surface area contributed by atoms with E-state index in [-0.39, 0.29) is 5.56 Å². The molecule has 0 aromatic carbocycles. The summed E-state index contributed by atoms with van der Waals surface area (Å²) in [7, 11) is 1.69. The first-order chi connectivity index (χ1) is 6.59. The summed E-state index contributed by atoms with van der Waals surface area (Å²) in [5, 5.41) is 0. The molecular formula is C9H10N4O. The Hall–Kier alpha value is -1.78. The Kier molecular flexibility index (Phi) is 1.80. The lowest BCUT2D eigenvalue weighted by Gasteiger charge is -2.04. The zero-order valence-electron chi connectivity index (χ0n) is 8.27. The lowest BCUT2D eigenvalue weighted by atomic mass is 10.4. The minimum atomic E-state index is -0.115. The van der Waals surface area contributed by atoms with Gasteiger partial charge in [-0.25, -0.2) is 15.0 Å². The molecule has 0 bridgehead atoms. The molecule has 2 rings (SSSR count). The van der Waals surface area contributed by atoms with Gasteiger partial charge in [0.05, 0.1) is 6.20 Å². The molecule has 0 aliphatic carbocycles. The van der Waals surface area contributed by atoms with E-state index in [0.29, 0.717) is 22.7 Å². The molecule has 0 unspecified atom stereocenters. The van der Waals surface area contributed by atoms with E-state index >= 15 is 0 Å². The van der Waals surface area contributed by atoms with E-state index in [1.54, 1.807) is 27.1 Å². The molecule has 5 nitrogen and oxygen atoms in total. The minimum absolute atomic E-state index is 0.115. The van der Waals surface area contributed by atoms with Gasteiger partial charge in [0.15, 0.2) is 5.65 Å². The molecule has 0 aliphatic rings. The van der Waals surface area contributed by atoms with Gasteiger partial charge in [-0.1, -0.05) is 0 Å². The van der Waals surface area contributed by atoms with Crippen LogP contribution in [0.5, 0.6) is 0 Å². The second-order valence-electron chi connectivity index (χ2n) is 3.19. The molecule has 14 heavy (non-hydrogen) atoms. The van der Waals surface area contributed by atoms with Crippen LogP contribution in [0.3, 0.4) is 0 Å². The molecule has 0 radical (unpaired) electrons. The number of rotatable bonds is 0. The van der Waals surface area contributed by atoms with Gasteiger partial charge in [0, 0.05) is 7.05 Å². The average molecular weight is 190 g/mol. The largest absolute Gasteiger partial charge is 0.293 e. The number of hydrogen-bond acceptors (Lipinski definition) is 4. The smallest absolute Gasteiger partial charge is 0.273 e. The van der Waals surface area contributed by atoms with Crippen LogP contribution in [0.25, 0.3) is 11.2 Å². The van der Waals surface area contributed by atoms with E-state index in [1.165, 1.54) is 4.57 Å². The highest BCUT2D eigenvalue weighted by Crippen LogP contribution is 2.04. The third kappa shape index (κ3) is 1.17. The summed E-state index contributed by atoms with van der Waals surface area (Å²) in [6.07, 6.45) is 1.63. The van der Waals surface area contributed by atoms with Gasteiger partial charge in [0.1, 0.15) is 17.0 Å². The second kappa shape index (κ2) is 2.87. The molecule has 0 saturated heterocycles. The Labute approximate surface area is 80.5 Å². The lowest BCUT2D eigenvalue weighted by Crippen LogP contribution is -2.22. The van der Waals surface area contributed by atoms with Gasteiger partial charge in [-0.05, 0) is 13.8 Å². The highest BCUT2D eigenvalue weighted by molar-refractivity contribution is 5.68. The number of nitrogens with zero attached hydrogens (tertiary/aromatic N) is 4. The van der Waals surface area contributed by atoms with Gasteiger partial charge in [-0.15, -0.1) is 0 Å². The van der Waals surface area contributed by atoms with Crippen molar-refractivity contribution in [1.29, 1.82) is 0 Å². The van der Waals surface area contributed by atoms with Crippen LogP contribution in [0, 0.1) is 13.8 Å².